The molecule has 0 spiro atoms. The Hall–Kier alpha value is -2.81. The average molecular weight is 276 g/mol. The SMILES string of the molecule is Cc1ccnc(Oc2ccccc2-c2ccccc2)c1N. The van der Waals surface area contributed by atoms with E-state index in [9.17, 15) is 0 Å². The molecule has 3 rings (SSSR count). The van der Waals surface area contributed by atoms with Crippen molar-refractivity contribution in [2.24, 2.45) is 0 Å². The van der Waals surface area contributed by atoms with Gasteiger partial charge in [0.1, 0.15) is 5.75 Å². The second kappa shape index (κ2) is 5.67. The van der Waals surface area contributed by atoms with Gasteiger partial charge in [-0.05, 0) is 30.2 Å². The van der Waals surface area contributed by atoms with Crippen molar-refractivity contribution in [3.05, 3.63) is 72.4 Å². The van der Waals surface area contributed by atoms with Crippen LogP contribution in [0.5, 0.6) is 11.6 Å². The van der Waals surface area contributed by atoms with E-state index in [1.54, 1.807) is 6.20 Å². The summed E-state index contributed by atoms with van der Waals surface area (Å²) in [6.45, 7) is 1.94. The van der Waals surface area contributed by atoms with Gasteiger partial charge in [-0.15, -0.1) is 0 Å². The zero-order chi connectivity index (χ0) is 14.7. The van der Waals surface area contributed by atoms with E-state index in [4.69, 9.17) is 10.5 Å². The highest BCUT2D eigenvalue weighted by Gasteiger charge is 2.10. The lowest BCUT2D eigenvalue weighted by Gasteiger charge is -2.12. The van der Waals surface area contributed by atoms with Crippen LogP contribution < -0.4 is 10.5 Å². The molecule has 21 heavy (non-hydrogen) atoms. The van der Waals surface area contributed by atoms with Gasteiger partial charge < -0.3 is 10.5 Å². The van der Waals surface area contributed by atoms with Gasteiger partial charge in [-0.2, -0.15) is 0 Å². The molecule has 0 atom stereocenters. The van der Waals surface area contributed by atoms with Gasteiger partial charge >= 0.3 is 0 Å². The minimum atomic E-state index is 0.443. The molecular weight excluding hydrogens is 260 g/mol. The van der Waals surface area contributed by atoms with Crippen LogP contribution in [-0.2, 0) is 0 Å². The highest BCUT2D eigenvalue weighted by molar-refractivity contribution is 5.71. The van der Waals surface area contributed by atoms with Gasteiger partial charge in [-0.1, -0.05) is 48.5 Å². The molecule has 0 unspecified atom stereocenters. The van der Waals surface area contributed by atoms with E-state index >= 15 is 0 Å². The number of aryl methyl sites for hydroxylation is 1. The van der Waals surface area contributed by atoms with Gasteiger partial charge in [0.05, 0.1) is 5.69 Å². The molecule has 2 N–H and O–H groups in total. The Morgan fingerprint density at radius 1 is 0.905 bits per heavy atom. The van der Waals surface area contributed by atoms with Crippen molar-refractivity contribution in [3.63, 3.8) is 0 Å². The molecule has 0 aliphatic carbocycles. The summed E-state index contributed by atoms with van der Waals surface area (Å²) in [5.74, 6) is 1.19. The van der Waals surface area contributed by atoms with E-state index in [1.807, 2.05) is 55.5 Å². The minimum Gasteiger partial charge on any atom is -0.436 e. The molecule has 3 aromatic rings. The molecule has 3 heteroatoms. The topological polar surface area (TPSA) is 48.1 Å². The molecule has 0 radical (unpaired) electrons. The highest BCUT2D eigenvalue weighted by atomic mass is 16.5. The summed E-state index contributed by atoms with van der Waals surface area (Å²) in [6.07, 6.45) is 1.70. The molecule has 0 saturated carbocycles. The molecule has 0 fully saturated rings. The van der Waals surface area contributed by atoms with E-state index in [0.717, 1.165) is 22.4 Å². The fraction of sp³-hybridized carbons (Fsp3) is 0.0556. The first-order valence-electron chi connectivity index (χ1n) is 6.79. The Kier molecular flexibility index (Phi) is 3.56. The first-order chi connectivity index (χ1) is 10.3. The van der Waals surface area contributed by atoms with Gasteiger partial charge in [0.2, 0.25) is 5.88 Å². The lowest BCUT2D eigenvalue weighted by atomic mass is 10.1. The number of hydrogen-bond donors (Lipinski definition) is 1. The van der Waals surface area contributed by atoms with Crippen molar-refractivity contribution in [1.82, 2.24) is 4.98 Å². The molecule has 0 aliphatic heterocycles. The third kappa shape index (κ3) is 2.72. The average Bonchev–Trinajstić information content (AvgIpc) is 2.53. The lowest BCUT2D eigenvalue weighted by molar-refractivity contribution is 0.467. The zero-order valence-corrected chi connectivity index (χ0v) is 11.8. The molecule has 104 valence electrons. The van der Waals surface area contributed by atoms with Gasteiger partial charge in [0.25, 0.3) is 0 Å². The Morgan fingerprint density at radius 2 is 1.62 bits per heavy atom. The molecule has 0 amide bonds. The van der Waals surface area contributed by atoms with Crippen LogP contribution in [0.25, 0.3) is 11.1 Å². The predicted octanol–water partition coefficient (Wildman–Crippen LogP) is 4.43. The van der Waals surface area contributed by atoms with Crippen molar-refractivity contribution < 1.29 is 4.74 Å². The van der Waals surface area contributed by atoms with E-state index in [0.29, 0.717) is 11.6 Å². The first kappa shape index (κ1) is 13.2. The smallest absolute Gasteiger partial charge is 0.242 e. The van der Waals surface area contributed by atoms with E-state index in [1.165, 1.54) is 0 Å². The number of aromatic nitrogens is 1. The fourth-order valence-corrected chi connectivity index (χ4v) is 2.14. The summed E-state index contributed by atoms with van der Waals surface area (Å²) in [6, 6.07) is 19.8. The standard InChI is InChI=1S/C18H16N2O/c1-13-11-12-20-18(17(13)19)21-16-10-6-5-9-15(16)14-7-3-2-4-8-14/h2-12H,19H2,1H3. The normalized spacial score (nSPS) is 10.3. The number of rotatable bonds is 3. The number of anilines is 1. The summed E-state index contributed by atoms with van der Waals surface area (Å²) in [5.41, 5.74) is 9.67. The number of nitrogen functional groups attached to an aromatic ring is 1. The summed E-state index contributed by atoms with van der Waals surface area (Å²) in [5, 5.41) is 0. The zero-order valence-electron chi connectivity index (χ0n) is 11.8. The van der Waals surface area contributed by atoms with Gasteiger partial charge in [-0.3, -0.25) is 0 Å². The number of hydrogen-bond acceptors (Lipinski definition) is 3. The molecule has 1 heterocycles. The van der Waals surface area contributed by atoms with Gasteiger partial charge in [0, 0.05) is 11.8 Å². The van der Waals surface area contributed by atoms with Crippen LogP contribution in [0.1, 0.15) is 5.56 Å². The number of benzene rings is 2. The number of ether oxygens (including phenoxy) is 1. The third-order valence-electron chi connectivity index (χ3n) is 3.35. The molecule has 0 aliphatic rings. The summed E-state index contributed by atoms with van der Waals surface area (Å²) < 4.78 is 5.94. The minimum absolute atomic E-state index is 0.443. The Bertz CT molecular complexity index is 754. The van der Waals surface area contributed by atoms with Crippen molar-refractivity contribution in [2.75, 3.05) is 5.73 Å². The predicted molar refractivity (Wildman–Crippen MR) is 85.3 cm³/mol. The molecule has 1 aromatic heterocycles. The number of para-hydroxylation sites is 1. The summed E-state index contributed by atoms with van der Waals surface area (Å²) >= 11 is 0. The number of nitrogens with zero attached hydrogens (tertiary/aromatic N) is 1. The second-order valence-electron chi connectivity index (χ2n) is 4.81. The largest absolute Gasteiger partial charge is 0.436 e. The maximum Gasteiger partial charge on any atom is 0.242 e. The first-order valence-corrected chi connectivity index (χ1v) is 6.79. The molecular formula is C18H16N2O. The van der Waals surface area contributed by atoms with Crippen LogP contribution in [0.4, 0.5) is 5.69 Å². The van der Waals surface area contributed by atoms with Crippen molar-refractivity contribution >= 4 is 5.69 Å². The number of nitrogens with two attached hydrogens (primary N) is 1. The van der Waals surface area contributed by atoms with E-state index in [-0.39, 0.29) is 0 Å². The monoisotopic (exact) mass is 276 g/mol. The van der Waals surface area contributed by atoms with Crippen LogP contribution >= 0.6 is 0 Å². The lowest BCUT2D eigenvalue weighted by Crippen LogP contribution is -1.98. The quantitative estimate of drug-likeness (QED) is 0.769. The Balaban J connectivity index is 2.02. The molecule has 3 nitrogen and oxygen atoms in total. The summed E-state index contributed by atoms with van der Waals surface area (Å²) in [7, 11) is 0. The summed E-state index contributed by atoms with van der Waals surface area (Å²) in [4.78, 5) is 4.22. The molecule has 2 aromatic carbocycles. The maximum absolute atomic E-state index is 6.03. The van der Waals surface area contributed by atoms with E-state index < -0.39 is 0 Å². The van der Waals surface area contributed by atoms with Crippen LogP contribution in [0.3, 0.4) is 0 Å². The van der Waals surface area contributed by atoms with Crippen molar-refractivity contribution in [2.45, 2.75) is 6.92 Å². The van der Waals surface area contributed by atoms with Crippen LogP contribution in [0.15, 0.2) is 66.9 Å². The van der Waals surface area contributed by atoms with Crippen LogP contribution in [0.2, 0.25) is 0 Å². The van der Waals surface area contributed by atoms with Crippen molar-refractivity contribution in [3.8, 4) is 22.8 Å². The van der Waals surface area contributed by atoms with Crippen LogP contribution in [0, 0.1) is 6.92 Å². The Labute approximate surface area is 124 Å². The van der Waals surface area contributed by atoms with Crippen molar-refractivity contribution in [1.29, 1.82) is 0 Å². The van der Waals surface area contributed by atoms with E-state index in [2.05, 4.69) is 17.1 Å². The molecule has 0 bridgehead atoms. The number of pyridine rings is 1. The molecule has 0 saturated heterocycles. The highest BCUT2D eigenvalue weighted by Crippen LogP contribution is 2.34. The third-order valence-corrected chi connectivity index (χ3v) is 3.35. The Morgan fingerprint density at radius 3 is 2.43 bits per heavy atom. The van der Waals surface area contributed by atoms with Gasteiger partial charge in [0.15, 0.2) is 0 Å². The van der Waals surface area contributed by atoms with Crippen LogP contribution in [-0.4, -0.2) is 4.98 Å². The fourth-order valence-electron chi connectivity index (χ4n) is 2.14. The van der Waals surface area contributed by atoms with Gasteiger partial charge in [-0.25, -0.2) is 4.98 Å². The maximum atomic E-state index is 6.03. The second-order valence-corrected chi connectivity index (χ2v) is 4.81.